The van der Waals surface area contributed by atoms with Gasteiger partial charge in [-0.3, -0.25) is 4.90 Å². The first kappa shape index (κ1) is 22.9. The first-order chi connectivity index (χ1) is 16.6. The van der Waals surface area contributed by atoms with E-state index >= 15 is 0 Å². The fourth-order valence-corrected chi connectivity index (χ4v) is 4.85. The van der Waals surface area contributed by atoms with Gasteiger partial charge in [0.05, 0.1) is 18.2 Å². The summed E-state index contributed by atoms with van der Waals surface area (Å²) in [5.74, 6) is 0.934. The van der Waals surface area contributed by atoms with Gasteiger partial charge in [0.15, 0.2) is 5.76 Å². The van der Waals surface area contributed by atoms with Gasteiger partial charge in [-0.05, 0) is 36.3 Å². The molecule has 2 aliphatic rings. The van der Waals surface area contributed by atoms with Gasteiger partial charge in [-0.1, -0.05) is 77.8 Å². The van der Waals surface area contributed by atoms with E-state index in [1.807, 2.05) is 42.5 Å². The molecule has 3 aromatic rings. The van der Waals surface area contributed by atoms with Gasteiger partial charge in [0.1, 0.15) is 11.6 Å². The molecule has 0 aromatic heterocycles. The van der Waals surface area contributed by atoms with Crippen molar-refractivity contribution in [1.29, 1.82) is 0 Å². The Hall–Kier alpha value is -2.92. The van der Waals surface area contributed by atoms with Crippen LogP contribution in [0.1, 0.15) is 28.2 Å². The van der Waals surface area contributed by atoms with Crippen LogP contribution in [-0.2, 0) is 4.74 Å². The van der Waals surface area contributed by atoms with Crippen LogP contribution in [0, 0.1) is 12.7 Å². The monoisotopic (exact) mass is 475 g/mol. The second-order valence-electron chi connectivity index (χ2n) is 8.71. The van der Waals surface area contributed by atoms with Crippen LogP contribution in [0.3, 0.4) is 0 Å². The SMILES string of the molecule is Cc1ccc(C2=C(Cl)/C(=C\CN3CCOCC3)[C@@H](c3ccc(F)cc3)c3ccccc3O2)cc1. The average Bonchev–Trinajstić information content (AvgIpc) is 2.99. The van der Waals surface area contributed by atoms with Crippen LogP contribution in [0.5, 0.6) is 5.75 Å². The fraction of sp³-hybridized carbons (Fsp3) is 0.241. The molecule has 1 atom stereocenters. The number of ether oxygens (including phenoxy) is 2. The summed E-state index contributed by atoms with van der Waals surface area (Å²) in [7, 11) is 0. The van der Waals surface area contributed by atoms with E-state index in [4.69, 9.17) is 21.1 Å². The lowest BCUT2D eigenvalue weighted by Gasteiger charge is -2.27. The van der Waals surface area contributed by atoms with E-state index in [1.54, 1.807) is 0 Å². The maximum Gasteiger partial charge on any atom is 0.153 e. The summed E-state index contributed by atoms with van der Waals surface area (Å²) in [4.78, 5) is 2.35. The zero-order valence-electron chi connectivity index (χ0n) is 19.1. The zero-order chi connectivity index (χ0) is 23.5. The van der Waals surface area contributed by atoms with Crippen molar-refractivity contribution in [2.45, 2.75) is 12.8 Å². The number of benzene rings is 3. The van der Waals surface area contributed by atoms with Crippen LogP contribution in [0.4, 0.5) is 4.39 Å². The Morgan fingerprint density at radius 2 is 1.68 bits per heavy atom. The Kier molecular flexibility index (Phi) is 6.82. The normalized spacial score (nSPS) is 20.1. The van der Waals surface area contributed by atoms with Gasteiger partial charge in [-0.25, -0.2) is 4.39 Å². The van der Waals surface area contributed by atoms with Crippen molar-refractivity contribution >= 4 is 17.4 Å². The highest BCUT2D eigenvalue weighted by Crippen LogP contribution is 2.47. The van der Waals surface area contributed by atoms with Gasteiger partial charge < -0.3 is 9.47 Å². The van der Waals surface area contributed by atoms with Crippen LogP contribution >= 0.6 is 11.6 Å². The van der Waals surface area contributed by atoms with Crippen molar-refractivity contribution in [2.75, 3.05) is 32.8 Å². The van der Waals surface area contributed by atoms with Crippen molar-refractivity contribution in [1.82, 2.24) is 4.90 Å². The number of rotatable bonds is 4. The topological polar surface area (TPSA) is 21.7 Å². The third-order valence-electron chi connectivity index (χ3n) is 6.40. The zero-order valence-corrected chi connectivity index (χ0v) is 19.9. The van der Waals surface area contributed by atoms with E-state index in [-0.39, 0.29) is 11.7 Å². The molecule has 174 valence electrons. The Balaban J connectivity index is 1.68. The molecule has 3 aromatic carbocycles. The number of halogens is 2. The first-order valence-corrected chi connectivity index (χ1v) is 12.0. The molecule has 0 unspecified atom stereocenters. The van der Waals surface area contributed by atoms with Crippen LogP contribution in [-0.4, -0.2) is 37.7 Å². The van der Waals surface area contributed by atoms with Crippen LogP contribution in [0.15, 0.2) is 89.5 Å². The average molecular weight is 476 g/mol. The molecule has 0 bridgehead atoms. The van der Waals surface area contributed by atoms with Crippen LogP contribution in [0.25, 0.3) is 5.76 Å². The highest BCUT2D eigenvalue weighted by atomic mass is 35.5. The highest BCUT2D eigenvalue weighted by Gasteiger charge is 2.31. The van der Waals surface area contributed by atoms with Gasteiger partial charge in [0, 0.05) is 36.7 Å². The van der Waals surface area contributed by atoms with Crippen molar-refractivity contribution in [3.05, 3.63) is 118 Å². The highest BCUT2D eigenvalue weighted by molar-refractivity contribution is 6.35. The lowest BCUT2D eigenvalue weighted by atomic mass is 9.83. The largest absolute Gasteiger partial charge is 0.455 e. The molecule has 2 aliphatic heterocycles. The lowest BCUT2D eigenvalue weighted by Crippen LogP contribution is -2.36. The molecule has 5 rings (SSSR count). The summed E-state index contributed by atoms with van der Waals surface area (Å²) >= 11 is 7.18. The summed E-state index contributed by atoms with van der Waals surface area (Å²) in [6.45, 7) is 6.02. The summed E-state index contributed by atoms with van der Waals surface area (Å²) < 4.78 is 25.8. The van der Waals surface area contributed by atoms with Gasteiger partial charge in [-0.15, -0.1) is 0 Å². The van der Waals surface area contributed by atoms with Crippen molar-refractivity contribution in [2.24, 2.45) is 0 Å². The molecule has 1 fully saturated rings. The minimum atomic E-state index is -0.261. The molecule has 0 aliphatic carbocycles. The predicted molar refractivity (Wildman–Crippen MR) is 135 cm³/mol. The molecule has 0 spiro atoms. The number of nitrogens with zero attached hydrogens (tertiary/aromatic N) is 1. The molecule has 0 saturated carbocycles. The molecule has 34 heavy (non-hydrogen) atoms. The molecule has 1 saturated heterocycles. The molecule has 2 heterocycles. The third kappa shape index (κ3) is 4.80. The molecular weight excluding hydrogens is 449 g/mol. The maximum atomic E-state index is 13.8. The van der Waals surface area contributed by atoms with E-state index in [2.05, 4.69) is 36.1 Å². The maximum absolute atomic E-state index is 13.8. The third-order valence-corrected chi connectivity index (χ3v) is 6.79. The van der Waals surface area contributed by atoms with E-state index in [0.29, 0.717) is 10.8 Å². The standard InChI is InChI=1S/C29H27ClFNO2/c1-20-6-8-22(9-7-20)29-28(30)25(14-15-32-16-18-33-19-17-32)27(21-10-12-23(31)13-11-21)24-4-2-3-5-26(24)34-29/h2-14,27H,15-19H2,1H3/b25-14-/t27-/m0/s1. The molecule has 0 amide bonds. The van der Waals surface area contributed by atoms with E-state index in [0.717, 1.165) is 60.9 Å². The lowest BCUT2D eigenvalue weighted by molar-refractivity contribution is 0.0433. The molecular formula is C29H27ClFNO2. The van der Waals surface area contributed by atoms with Gasteiger partial charge >= 0.3 is 0 Å². The van der Waals surface area contributed by atoms with E-state index in [1.165, 1.54) is 17.7 Å². The van der Waals surface area contributed by atoms with E-state index in [9.17, 15) is 4.39 Å². The Bertz CT molecular complexity index is 1210. The quantitative estimate of drug-likeness (QED) is 0.428. The Labute approximate surface area is 205 Å². The van der Waals surface area contributed by atoms with E-state index < -0.39 is 0 Å². The first-order valence-electron chi connectivity index (χ1n) is 11.6. The Morgan fingerprint density at radius 1 is 0.971 bits per heavy atom. The minimum absolute atomic E-state index is 0.187. The number of aryl methyl sites for hydroxylation is 1. The smallest absolute Gasteiger partial charge is 0.153 e. The summed E-state index contributed by atoms with van der Waals surface area (Å²) in [5, 5.41) is 0.572. The van der Waals surface area contributed by atoms with Gasteiger partial charge in [0.2, 0.25) is 0 Å². The van der Waals surface area contributed by atoms with Gasteiger partial charge in [0.25, 0.3) is 0 Å². The van der Waals surface area contributed by atoms with Crippen LogP contribution < -0.4 is 4.74 Å². The number of hydrogen-bond donors (Lipinski definition) is 0. The number of fused-ring (bicyclic) bond motifs is 1. The predicted octanol–water partition coefficient (Wildman–Crippen LogP) is 6.52. The number of para-hydroxylation sites is 1. The van der Waals surface area contributed by atoms with Gasteiger partial charge in [-0.2, -0.15) is 0 Å². The second kappa shape index (κ2) is 10.1. The van der Waals surface area contributed by atoms with Crippen molar-refractivity contribution in [3.8, 4) is 5.75 Å². The molecule has 3 nitrogen and oxygen atoms in total. The minimum Gasteiger partial charge on any atom is -0.455 e. The molecule has 0 radical (unpaired) electrons. The summed E-state index contributed by atoms with van der Waals surface area (Å²) in [5.41, 5.74) is 5.01. The van der Waals surface area contributed by atoms with Crippen molar-refractivity contribution < 1.29 is 13.9 Å². The molecule has 5 heteroatoms. The molecule has 0 N–H and O–H groups in total. The number of allylic oxidation sites excluding steroid dienone is 2. The van der Waals surface area contributed by atoms with Crippen LogP contribution in [0.2, 0.25) is 0 Å². The second-order valence-corrected chi connectivity index (χ2v) is 9.08. The summed E-state index contributed by atoms with van der Waals surface area (Å²) in [6.07, 6.45) is 2.20. The number of morpholine rings is 1. The summed E-state index contributed by atoms with van der Waals surface area (Å²) in [6, 6.07) is 22.9. The van der Waals surface area contributed by atoms with Crippen molar-refractivity contribution in [3.63, 3.8) is 0 Å². The number of hydrogen-bond acceptors (Lipinski definition) is 3. The Morgan fingerprint density at radius 3 is 2.41 bits per heavy atom. The fourth-order valence-electron chi connectivity index (χ4n) is 4.52.